The number of fused-ring (bicyclic) bond motifs is 1. The van der Waals surface area contributed by atoms with Gasteiger partial charge < -0.3 is 16.0 Å². The Morgan fingerprint density at radius 2 is 2.14 bits per heavy atom. The summed E-state index contributed by atoms with van der Waals surface area (Å²) in [6.45, 7) is 1.02. The second-order valence-electron chi connectivity index (χ2n) is 6.27. The van der Waals surface area contributed by atoms with Crippen LogP contribution in [-0.2, 0) is 16.0 Å². The van der Waals surface area contributed by atoms with Crippen LogP contribution in [0.1, 0.15) is 31.2 Å². The molecule has 5 heteroatoms. The van der Waals surface area contributed by atoms with E-state index in [0.717, 1.165) is 36.9 Å². The van der Waals surface area contributed by atoms with Crippen LogP contribution in [0.3, 0.4) is 0 Å². The van der Waals surface area contributed by atoms with Crippen LogP contribution in [0.25, 0.3) is 0 Å². The maximum atomic E-state index is 12.2. The Bertz CT molecular complexity index is 573. The summed E-state index contributed by atoms with van der Waals surface area (Å²) in [6, 6.07) is 7.98. The summed E-state index contributed by atoms with van der Waals surface area (Å²) in [5.41, 5.74) is 7.97. The molecule has 0 spiro atoms. The monoisotopic (exact) mass is 301 g/mol. The third kappa shape index (κ3) is 3.14. The van der Waals surface area contributed by atoms with Crippen LogP contribution in [0.15, 0.2) is 24.3 Å². The van der Waals surface area contributed by atoms with Gasteiger partial charge in [-0.05, 0) is 30.9 Å². The highest BCUT2D eigenvalue weighted by Gasteiger charge is 2.28. The van der Waals surface area contributed by atoms with Crippen LogP contribution < -0.4 is 16.0 Å². The van der Waals surface area contributed by atoms with Gasteiger partial charge in [-0.15, -0.1) is 0 Å². The topological polar surface area (TPSA) is 75.4 Å². The van der Waals surface area contributed by atoms with E-state index in [-0.39, 0.29) is 23.8 Å². The van der Waals surface area contributed by atoms with E-state index >= 15 is 0 Å². The predicted octanol–water partition coefficient (Wildman–Crippen LogP) is 1.21. The molecule has 118 valence electrons. The van der Waals surface area contributed by atoms with Crippen molar-refractivity contribution in [2.75, 3.05) is 18.0 Å². The first-order valence-corrected chi connectivity index (χ1v) is 8.06. The zero-order valence-electron chi connectivity index (χ0n) is 12.8. The lowest BCUT2D eigenvalue weighted by Crippen LogP contribution is -2.41. The molecule has 1 saturated carbocycles. The van der Waals surface area contributed by atoms with E-state index < -0.39 is 0 Å². The number of nitrogens with two attached hydrogens (primary N) is 1. The highest BCUT2D eigenvalue weighted by molar-refractivity contribution is 6.01. The molecule has 1 heterocycles. The van der Waals surface area contributed by atoms with Crippen LogP contribution in [0.2, 0.25) is 0 Å². The normalized spacial score (nSPS) is 24.2. The fourth-order valence-corrected chi connectivity index (χ4v) is 3.46. The van der Waals surface area contributed by atoms with Crippen molar-refractivity contribution >= 4 is 17.5 Å². The second-order valence-corrected chi connectivity index (χ2v) is 6.27. The number of para-hydroxylation sites is 1. The molecule has 0 aromatic heterocycles. The van der Waals surface area contributed by atoms with Gasteiger partial charge in [-0.3, -0.25) is 9.59 Å². The molecular weight excluding hydrogens is 278 g/mol. The molecule has 1 fully saturated rings. The molecule has 0 saturated heterocycles. The number of hydrogen-bond acceptors (Lipinski definition) is 3. The second kappa shape index (κ2) is 6.48. The van der Waals surface area contributed by atoms with Crippen LogP contribution >= 0.6 is 0 Å². The first kappa shape index (κ1) is 15.0. The van der Waals surface area contributed by atoms with Crippen molar-refractivity contribution in [2.45, 2.75) is 38.1 Å². The minimum Gasteiger partial charge on any atom is -0.354 e. The minimum atomic E-state index is 0.0327. The molecule has 1 aromatic carbocycles. The standard InChI is InChI=1S/C17H23N3O2/c18-14-6-3-5-13(10-14)17(22)19-8-9-20-15-7-2-1-4-12(15)11-16(20)21/h1-2,4,7,13-14H,3,5-6,8-11,18H2,(H,19,22). The van der Waals surface area contributed by atoms with Gasteiger partial charge in [0.15, 0.2) is 0 Å². The van der Waals surface area contributed by atoms with Gasteiger partial charge in [0.05, 0.1) is 6.42 Å². The SMILES string of the molecule is NC1CCCC(C(=O)NCCN2C(=O)Cc3ccccc32)C1. The average molecular weight is 301 g/mol. The molecule has 5 nitrogen and oxygen atoms in total. The van der Waals surface area contributed by atoms with Gasteiger partial charge in [0.2, 0.25) is 11.8 Å². The lowest BCUT2D eigenvalue weighted by atomic mass is 9.85. The van der Waals surface area contributed by atoms with Crippen molar-refractivity contribution in [3.8, 4) is 0 Å². The molecule has 3 N–H and O–H groups in total. The van der Waals surface area contributed by atoms with Crippen LogP contribution in [-0.4, -0.2) is 30.9 Å². The number of rotatable bonds is 4. The van der Waals surface area contributed by atoms with Crippen molar-refractivity contribution in [1.29, 1.82) is 0 Å². The molecular formula is C17H23N3O2. The summed E-state index contributed by atoms with van der Waals surface area (Å²) in [7, 11) is 0. The van der Waals surface area contributed by atoms with E-state index in [4.69, 9.17) is 5.73 Å². The van der Waals surface area contributed by atoms with Crippen molar-refractivity contribution < 1.29 is 9.59 Å². The summed E-state index contributed by atoms with van der Waals surface area (Å²) < 4.78 is 0. The summed E-state index contributed by atoms with van der Waals surface area (Å²) in [5.74, 6) is 0.218. The Morgan fingerprint density at radius 1 is 1.32 bits per heavy atom. The molecule has 1 aromatic rings. The summed E-state index contributed by atoms with van der Waals surface area (Å²) in [4.78, 5) is 26.0. The van der Waals surface area contributed by atoms with Gasteiger partial charge in [-0.2, -0.15) is 0 Å². The molecule has 3 rings (SSSR count). The predicted molar refractivity (Wildman–Crippen MR) is 85.4 cm³/mol. The molecule has 1 aliphatic carbocycles. The Labute approximate surface area is 130 Å². The molecule has 0 radical (unpaired) electrons. The van der Waals surface area contributed by atoms with E-state index in [0.29, 0.717) is 19.5 Å². The van der Waals surface area contributed by atoms with Crippen molar-refractivity contribution in [3.63, 3.8) is 0 Å². The number of nitrogens with one attached hydrogen (secondary N) is 1. The molecule has 1 aliphatic heterocycles. The number of carbonyl (C=O) groups is 2. The number of carbonyl (C=O) groups excluding carboxylic acids is 2. The van der Waals surface area contributed by atoms with E-state index in [1.54, 1.807) is 4.90 Å². The quantitative estimate of drug-likeness (QED) is 0.877. The van der Waals surface area contributed by atoms with E-state index in [9.17, 15) is 9.59 Å². The smallest absolute Gasteiger partial charge is 0.231 e. The number of amides is 2. The number of benzene rings is 1. The summed E-state index contributed by atoms with van der Waals surface area (Å²) in [6.07, 6.45) is 4.20. The third-order valence-corrected chi connectivity index (χ3v) is 4.65. The lowest BCUT2D eigenvalue weighted by Gasteiger charge is -2.26. The minimum absolute atomic E-state index is 0.0327. The molecule has 2 aliphatic rings. The molecule has 2 atom stereocenters. The number of anilines is 1. The molecule has 2 amide bonds. The van der Waals surface area contributed by atoms with Gasteiger partial charge in [0, 0.05) is 30.7 Å². The highest BCUT2D eigenvalue weighted by Crippen LogP contribution is 2.28. The highest BCUT2D eigenvalue weighted by atomic mass is 16.2. The van der Waals surface area contributed by atoms with Crippen molar-refractivity contribution in [1.82, 2.24) is 5.32 Å². The Balaban J connectivity index is 1.51. The van der Waals surface area contributed by atoms with Crippen LogP contribution in [0, 0.1) is 5.92 Å². The molecule has 22 heavy (non-hydrogen) atoms. The largest absolute Gasteiger partial charge is 0.354 e. The Hall–Kier alpha value is -1.88. The first-order valence-electron chi connectivity index (χ1n) is 8.06. The summed E-state index contributed by atoms with van der Waals surface area (Å²) >= 11 is 0. The van der Waals surface area contributed by atoms with Crippen molar-refractivity contribution in [2.24, 2.45) is 11.7 Å². The van der Waals surface area contributed by atoms with E-state index in [1.807, 2.05) is 24.3 Å². The van der Waals surface area contributed by atoms with Gasteiger partial charge in [0.25, 0.3) is 0 Å². The van der Waals surface area contributed by atoms with Gasteiger partial charge in [-0.25, -0.2) is 0 Å². The molecule has 2 unspecified atom stereocenters. The lowest BCUT2D eigenvalue weighted by molar-refractivity contribution is -0.126. The molecule has 0 bridgehead atoms. The van der Waals surface area contributed by atoms with Gasteiger partial charge in [0.1, 0.15) is 0 Å². The van der Waals surface area contributed by atoms with Gasteiger partial charge in [-0.1, -0.05) is 24.6 Å². The fraction of sp³-hybridized carbons (Fsp3) is 0.529. The Morgan fingerprint density at radius 3 is 2.95 bits per heavy atom. The van der Waals surface area contributed by atoms with E-state index in [1.165, 1.54) is 0 Å². The van der Waals surface area contributed by atoms with Gasteiger partial charge >= 0.3 is 0 Å². The summed E-state index contributed by atoms with van der Waals surface area (Å²) in [5, 5.41) is 2.96. The van der Waals surface area contributed by atoms with Crippen LogP contribution in [0.4, 0.5) is 5.69 Å². The Kier molecular flexibility index (Phi) is 4.43. The maximum absolute atomic E-state index is 12.2. The van der Waals surface area contributed by atoms with E-state index in [2.05, 4.69) is 5.32 Å². The maximum Gasteiger partial charge on any atom is 0.231 e. The number of hydrogen-bond donors (Lipinski definition) is 2. The zero-order valence-corrected chi connectivity index (χ0v) is 12.8. The third-order valence-electron chi connectivity index (χ3n) is 4.65. The average Bonchev–Trinajstić information content (AvgIpc) is 2.83. The zero-order chi connectivity index (χ0) is 15.5. The fourth-order valence-electron chi connectivity index (χ4n) is 3.46. The number of nitrogens with zero attached hydrogens (tertiary/aromatic N) is 1. The van der Waals surface area contributed by atoms with Crippen LogP contribution in [0.5, 0.6) is 0 Å². The van der Waals surface area contributed by atoms with Crippen molar-refractivity contribution in [3.05, 3.63) is 29.8 Å². The first-order chi connectivity index (χ1) is 10.6.